The number of carbonyl (C=O) groups is 1. The van der Waals surface area contributed by atoms with Crippen molar-refractivity contribution in [3.05, 3.63) is 65.5 Å². The van der Waals surface area contributed by atoms with E-state index in [1.54, 1.807) is 6.20 Å². The summed E-state index contributed by atoms with van der Waals surface area (Å²) in [7, 11) is 0. The number of benzene rings is 1. The van der Waals surface area contributed by atoms with Crippen molar-refractivity contribution in [3.63, 3.8) is 0 Å². The molecule has 4 nitrogen and oxygen atoms in total. The molecule has 1 atom stereocenters. The Bertz CT molecular complexity index is 584. The number of aromatic nitrogens is 1. The van der Waals surface area contributed by atoms with E-state index in [2.05, 4.69) is 10.3 Å². The summed E-state index contributed by atoms with van der Waals surface area (Å²) in [6.45, 7) is 1.85. The average Bonchev–Trinajstić information content (AvgIpc) is 2.50. The maximum absolute atomic E-state index is 12.1. The summed E-state index contributed by atoms with van der Waals surface area (Å²) < 4.78 is 0. The Kier molecular flexibility index (Phi) is 5.46. The van der Waals surface area contributed by atoms with Gasteiger partial charge in [-0.1, -0.05) is 36.4 Å². The molecule has 0 saturated heterocycles. The van der Waals surface area contributed by atoms with Gasteiger partial charge in [0.05, 0.1) is 24.8 Å². The molecule has 110 valence electrons. The molecule has 0 radical (unpaired) electrons. The first kappa shape index (κ1) is 15.2. The van der Waals surface area contributed by atoms with Crippen LogP contribution in [0, 0.1) is 6.92 Å². The van der Waals surface area contributed by atoms with Crippen LogP contribution in [0.15, 0.2) is 48.7 Å². The van der Waals surface area contributed by atoms with Crippen molar-refractivity contribution >= 4 is 5.91 Å². The van der Waals surface area contributed by atoms with Crippen molar-refractivity contribution in [1.29, 1.82) is 0 Å². The SMILES string of the molecule is Cc1cccnc1CC(=O)NC(CO)Cc1ccccc1. The third kappa shape index (κ3) is 4.68. The van der Waals surface area contributed by atoms with Crippen LogP contribution in [0.25, 0.3) is 0 Å². The van der Waals surface area contributed by atoms with Crippen molar-refractivity contribution in [2.45, 2.75) is 25.8 Å². The molecular weight excluding hydrogens is 264 g/mol. The fourth-order valence-corrected chi connectivity index (χ4v) is 2.19. The summed E-state index contributed by atoms with van der Waals surface area (Å²) in [6, 6.07) is 13.3. The zero-order valence-corrected chi connectivity index (χ0v) is 12.1. The van der Waals surface area contributed by atoms with Gasteiger partial charge in [0.25, 0.3) is 0 Å². The van der Waals surface area contributed by atoms with Crippen LogP contribution in [0.5, 0.6) is 0 Å². The highest BCUT2D eigenvalue weighted by molar-refractivity contribution is 5.78. The van der Waals surface area contributed by atoms with Gasteiger partial charge in [-0.3, -0.25) is 9.78 Å². The second-order valence-corrected chi connectivity index (χ2v) is 5.08. The van der Waals surface area contributed by atoms with Crippen LogP contribution >= 0.6 is 0 Å². The molecule has 2 rings (SSSR count). The molecule has 2 N–H and O–H groups in total. The topological polar surface area (TPSA) is 62.2 Å². The van der Waals surface area contributed by atoms with Crippen molar-refractivity contribution in [3.8, 4) is 0 Å². The van der Waals surface area contributed by atoms with Crippen molar-refractivity contribution < 1.29 is 9.90 Å². The molecule has 0 aliphatic heterocycles. The lowest BCUT2D eigenvalue weighted by Gasteiger charge is -2.16. The van der Waals surface area contributed by atoms with Crippen LogP contribution in [-0.4, -0.2) is 28.6 Å². The number of aliphatic hydroxyl groups is 1. The highest BCUT2D eigenvalue weighted by Gasteiger charge is 2.13. The molecule has 4 heteroatoms. The first-order valence-corrected chi connectivity index (χ1v) is 7.03. The third-order valence-electron chi connectivity index (χ3n) is 3.36. The summed E-state index contributed by atoms with van der Waals surface area (Å²) in [5, 5.41) is 12.3. The second-order valence-electron chi connectivity index (χ2n) is 5.08. The van der Waals surface area contributed by atoms with Gasteiger partial charge in [-0.05, 0) is 30.5 Å². The smallest absolute Gasteiger partial charge is 0.226 e. The molecule has 0 bridgehead atoms. The number of amides is 1. The number of aliphatic hydroxyl groups excluding tert-OH is 1. The Morgan fingerprint density at radius 2 is 2.00 bits per heavy atom. The van der Waals surface area contributed by atoms with Crippen molar-refractivity contribution in [2.75, 3.05) is 6.61 Å². The van der Waals surface area contributed by atoms with E-state index in [1.165, 1.54) is 0 Å². The summed E-state index contributed by atoms with van der Waals surface area (Å²) >= 11 is 0. The van der Waals surface area contributed by atoms with Gasteiger partial charge in [0, 0.05) is 6.20 Å². The predicted molar refractivity (Wildman–Crippen MR) is 81.8 cm³/mol. The van der Waals surface area contributed by atoms with Crippen molar-refractivity contribution in [2.24, 2.45) is 0 Å². The number of nitrogens with one attached hydrogen (secondary N) is 1. The Hall–Kier alpha value is -2.20. The molecule has 1 amide bonds. The molecule has 2 aromatic rings. The lowest BCUT2D eigenvalue weighted by Crippen LogP contribution is -2.40. The van der Waals surface area contributed by atoms with Crippen LogP contribution < -0.4 is 5.32 Å². The molecule has 1 aromatic heterocycles. The van der Waals surface area contributed by atoms with Gasteiger partial charge in [-0.25, -0.2) is 0 Å². The normalized spacial score (nSPS) is 11.9. The first-order chi connectivity index (χ1) is 10.2. The highest BCUT2D eigenvalue weighted by Crippen LogP contribution is 2.06. The molecular formula is C17H20N2O2. The minimum atomic E-state index is -0.274. The van der Waals surface area contributed by atoms with E-state index in [-0.39, 0.29) is 25.0 Å². The quantitative estimate of drug-likeness (QED) is 0.848. The van der Waals surface area contributed by atoms with Crippen molar-refractivity contribution in [1.82, 2.24) is 10.3 Å². The second kappa shape index (κ2) is 7.55. The average molecular weight is 284 g/mol. The summed E-state index contributed by atoms with van der Waals surface area (Å²) in [4.78, 5) is 16.3. The molecule has 0 aliphatic rings. The number of hydrogen-bond acceptors (Lipinski definition) is 3. The number of pyridine rings is 1. The molecule has 0 fully saturated rings. The van der Waals surface area contributed by atoms with E-state index in [4.69, 9.17) is 0 Å². The Labute approximate surface area is 124 Å². The number of nitrogens with zero attached hydrogens (tertiary/aromatic N) is 1. The number of rotatable bonds is 6. The Morgan fingerprint density at radius 1 is 1.24 bits per heavy atom. The molecule has 1 unspecified atom stereocenters. The monoisotopic (exact) mass is 284 g/mol. The van der Waals surface area contributed by atoms with Gasteiger partial charge in [0.15, 0.2) is 0 Å². The summed E-state index contributed by atoms with van der Waals surface area (Å²) in [5.41, 5.74) is 2.86. The lowest BCUT2D eigenvalue weighted by molar-refractivity contribution is -0.121. The van der Waals surface area contributed by atoms with E-state index in [0.717, 1.165) is 16.8 Å². The number of carbonyl (C=O) groups excluding carboxylic acids is 1. The largest absolute Gasteiger partial charge is 0.394 e. The first-order valence-electron chi connectivity index (χ1n) is 7.03. The summed E-state index contributed by atoms with van der Waals surface area (Å²) in [5.74, 6) is -0.119. The zero-order valence-electron chi connectivity index (χ0n) is 12.1. The van der Waals surface area contributed by atoms with Gasteiger partial charge >= 0.3 is 0 Å². The van der Waals surface area contributed by atoms with Crippen LogP contribution in [-0.2, 0) is 17.6 Å². The molecule has 21 heavy (non-hydrogen) atoms. The van der Waals surface area contributed by atoms with E-state index >= 15 is 0 Å². The molecule has 0 spiro atoms. The van der Waals surface area contributed by atoms with Gasteiger partial charge in [0.1, 0.15) is 0 Å². The standard InChI is InChI=1S/C17H20N2O2/c1-13-6-5-9-18-16(13)11-17(21)19-15(12-20)10-14-7-3-2-4-8-14/h2-9,15,20H,10-12H2,1H3,(H,19,21). The van der Waals surface area contributed by atoms with E-state index < -0.39 is 0 Å². The van der Waals surface area contributed by atoms with E-state index in [9.17, 15) is 9.90 Å². The molecule has 0 saturated carbocycles. The zero-order chi connectivity index (χ0) is 15.1. The molecule has 1 heterocycles. The van der Waals surface area contributed by atoms with Crippen LogP contribution in [0.4, 0.5) is 0 Å². The lowest BCUT2D eigenvalue weighted by atomic mass is 10.1. The van der Waals surface area contributed by atoms with E-state index in [1.807, 2.05) is 49.4 Å². The van der Waals surface area contributed by atoms with Crippen LogP contribution in [0.1, 0.15) is 16.8 Å². The maximum atomic E-state index is 12.1. The number of hydrogen-bond donors (Lipinski definition) is 2. The van der Waals surface area contributed by atoms with Crippen LogP contribution in [0.3, 0.4) is 0 Å². The molecule has 1 aromatic carbocycles. The van der Waals surface area contributed by atoms with Crippen LogP contribution in [0.2, 0.25) is 0 Å². The Morgan fingerprint density at radius 3 is 2.67 bits per heavy atom. The number of aryl methyl sites for hydroxylation is 1. The van der Waals surface area contributed by atoms with E-state index in [0.29, 0.717) is 6.42 Å². The summed E-state index contributed by atoms with van der Waals surface area (Å²) in [6.07, 6.45) is 2.53. The third-order valence-corrected chi connectivity index (χ3v) is 3.36. The van der Waals surface area contributed by atoms with Gasteiger partial charge in [-0.2, -0.15) is 0 Å². The minimum absolute atomic E-state index is 0.0815. The maximum Gasteiger partial charge on any atom is 0.226 e. The van der Waals surface area contributed by atoms with Gasteiger partial charge in [-0.15, -0.1) is 0 Å². The van der Waals surface area contributed by atoms with Gasteiger partial charge in [0.2, 0.25) is 5.91 Å². The highest BCUT2D eigenvalue weighted by atomic mass is 16.3. The Balaban J connectivity index is 1.92. The molecule has 0 aliphatic carbocycles. The fourth-order valence-electron chi connectivity index (χ4n) is 2.19. The van der Waals surface area contributed by atoms with Gasteiger partial charge < -0.3 is 10.4 Å². The predicted octanol–water partition coefficient (Wildman–Crippen LogP) is 1.65. The fraction of sp³-hybridized carbons (Fsp3) is 0.294. The minimum Gasteiger partial charge on any atom is -0.394 e.